The van der Waals surface area contributed by atoms with Gasteiger partial charge < -0.3 is 14.6 Å². The molecule has 196 valence electrons. The number of carbonyl (C=O) groups is 2. The van der Waals surface area contributed by atoms with Crippen molar-refractivity contribution < 1.29 is 24.2 Å². The second-order valence-corrected chi connectivity index (χ2v) is 11.1. The van der Waals surface area contributed by atoms with Crippen LogP contribution >= 0.6 is 0 Å². The van der Waals surface area contributed by atoms with Gasteiger partial charge in [-0.3, -0.25) is 14.5 Å². The summed E-state index contributed by atoms with van der Waals surface area (Å²) >= 11 is 0. The summed E-state index contributed by atoms with van der Waals surface area (Å²) in [7, 11) is 0. The van der Waals surface area contributed by atoms with Crippen molar-refractivity contribution in [2.75, 3.05) is 18.1 Å². The number of ketones is 1. The normalized spacial score (nSPS) is 18.8. The lowest BCUT2D eigenvalue weighted by molar-refractivity contribution is -0.132. The van der Waals surface area contributed by atoms with Crippen molar-refractivity contribution >= 4 is 23.1 Å². The number of aliphatic hydroxyl groups excluding tert-OH is 1. The number of anilines is 1. The molecule has 5 rings (SSSR count). The molecule has 1 N–H and O–H groups in total. The highest BCUT2D eigenvalue weighted by molar-refractivity contribution is 6.51. The fraction of sp³-hybridized carbons (Fsp3) is 0.312. The Morgan fingerprint density at radius 2 is 1.53 bits per heavy atom. The molecule has 6 nitrogen and oxygen atoms in total. The molecule has 1 amide bonds. The smallest absolute Gasteiger partial charge is 0.300 e. The number of nitrogens with zero attached hydrogens (tertiary/aromatic N) is 1. The van der Waals surface area contributed by atoms with Gasteiger partial charge in [0, 0.05) is 11.3 Å². The molecule has 6 heteroatoms. The Bertz CT molecular complexity index is 1410. The Morgan fingerprint density at radius 3 is 2.13 bits per heavy atom. The molecule has 1 atom stereocenters. The van der Waals surface area contributed by atoms with Gasteiger partial charge in [0.15, 0.2) is 11.5 Å². The summed E-state index contributed by atoms with van der Waals surface area (Å²) in [6, 6.07) is 19.8. The van der Waals surface area contributed by atoms with Gasteiger partial charge in [-0.05, 0) is 58.4 Å². The average Bonchev–Trinajstić information content (AvgIpc) is 3.17. The van der Waals surface area contributed by atoms with E-state index in [-0.39, 0.29) is 16.7 Å². The molecule has 0 saturated carbocycles. The first-order valence-corrected chi connectivity index (χ1v) is 13.0. The number of aliphatic hydroxyl groups is 1. The van der Waals surface area contributed by atoms with Crippen LogP contribution in [0.4, 0.5) is 5.69 Å². The first-order chi connectivity index (χ1) is 18.1. The van der Waals surface area contributed by atoms with Crippen molar-refractivity contribution in [1.82, 2.24) is 0 Å². The zero-order chi connectivity index (χ0) is 27.2. The van der Waals surface area contributed by atoms with E-state index in [4.69, 9.17) is 9.47 Å². The van der Waals surface area contributed by atoms with E-state index < -0.39 is 17.7 Å². The summed E-state index contributed by atoms with van der Waals surface area (Å²) in [6.45, 7) is 11.4. The van der Waals surface area contributed by atoms with Crippen molar-refractivity contribution in [2.45, 2.75) is 52.0 Å². The highest BCUT2D eigenvalue weighted by Crippen LogP contribution is 2.43. The number of hydrogen-bond acceptors (Lipinski definition) is 5. The highest BCUT2D eigenvalue weighted by atomic mass is 16.6. The number of benzene rings is 3. The number of hydrogen-bond donors (Lipinski definition) is 1. The van der Waals surface area contributed by atoms with Crippen molar-refractivity contribution in [2.24, 2.45) is 0 Å². The minimum absolute atomic E-state index is 0.0446. The van der Waals surface area contributed by atoms with Gasteiger partial charge in [0.2, 0.25) is 0 Å². The lowest BCUT2D eigenvalue weighted by Gasteiger charge is -2.27. The van der Waals surface area contributed by atoms with Crippen LogP contribution in [-0.4, -0.2) is 30.0 Å². The summed E-state index contributed by atoms with van der Waals surface area (Å²) in [5, 5.41) is 11.5. The van der Waals surface area contributed by atoms with Crippen LogP contribution in [0, 0.1) is 0 Å². The van der Waals surface area contributed by atoms with Crippen LogP contribution in [0.15, 0.2) is 72.3 Å². The zero-order valence-electron chi connectivity index (χ0n) is 22.4. The maximum absolute atomic E-state index is 13.5. The molecule has 0 aromatic heterocycles. The lowest BCUT2D eigenvalue weighted by Crippen LogP contribution is -2.29. The van der Waals surface area contributed by atoms with Gasteiger partial charge in [0.1, 0.15) is 19.0 Å². The third-order valence-electron chi connectivity index (χ3n) is 7.19. The van der Waals surface area contributed by atoms with Crippen LogP contribution in [0.25, 0.3) is 5.76 Å². The molecule has 2 aliphatic heterocycles. The SMILES string of the molecule is CC(C)c1ccc(N2C(=O)C(=O)/C(=C(\O)c3ccc4c(c3)OCCO4)C2c2ccc(C(C)(C)C)cc2)cc1. The van der Waals surface area contributed by atoms with Crippen LogP contribution in [0.1, 0.15) is 68.8 Å². The van der Waals surface area contributed by atoms with Gasteiger partial charge in [-0.1, -0.05) is 71.0 Å². The minimum Gasteiger partial charge on any atom is -0.507 e. The molecule has 3 aromatic carbocycles. The molecule has 0 spiro atoms. The van der Waals surface area contributed by atoms with Crippen molar-refractivity contribution in [3.05, 3.63) is 94.6 Å². The van der Waals surface area contributed by atoms with Crippen LogP contribution in [-0.2, 0) is 15.0 Å². The highest BCUT2D eigenvalue weighted by Gasteiger charge is 2.47. The van der Waals surface area contributed by atoms with Crippen LogP contribution < -0.4 is 14.4 Å². The largest absolute Gasteiger partial charge is 0.507 e. The second kappa shape index (κ2) is 9.67. The number of ether oxygens (including phenoxy) is 2. The molecular weight excluding hydrogens is 478 g/mol. The molecule has 0 aliphatic carbocycles. The predicted molar refractivity (Wildman–Crippen MR) is 148 cm³/mol. The van der Waals surface area contributed by atoms with Crippen LogP contribution in [0.3, 0.4) is 0 Å². The van der Waals surface area contributed by atoms with Crippen LogP contribution in [0.2, 0.25) is 0 Å². The maximum Gasteiger partial charge on any atom is 0.300 e. The van der Waals surface area contributed by atoms with Gasteiger partial charge in [-0.15, -0.1) is 0 Å². The summed E-state index contributed by atoms with van der Waals surface area (Å²) in [6.07, 6.45) is 0. The standard InChI is InChI=1S/C32H33NO5/c1-19(2)20-8-13-24(14-9-20)33-28(21-6-11-23(12-7-21)32(3,4)5)27(30(35)31(33)36)29(34)22-10-15-25-26(18-22)38-17-16-37-25/h6-15,18-19,28,34H,16-17H2,1-5H3/b29-27-. The lowest BCUT2D eigenvalue weighted by atomic mass is 9.85. The Kier molecular flexibility index (Phi) is 6.51. The molecule has 38 heavy (non-hydrogen) atoms. The Labute approximate surface area is 223 Å². The molecule has 2 heterocycles. The number of Topliss-reactive ketones (excluding diaryl/α,β-unsaturated/α-hetero) is 1. The predicted octanol–water partition coefficient (Wildman–Crippen LogP) is 6.51. The quantitative estimate of drug-likeness (QED) is 0.246. The molecule has 1 fully saturated rings. The molecule has 3 aromatic rings. The Hall–Kier alpha value is -4.06. The summed E-state index contributed by atoms with van der Waals surface area (Å²) < 4.78 is 11.3. The van der Waals surface area contributed by atoms with Crippen LogP contribution in [0.5, 0.6) is 11.5 Å². The van der Waals surface area contributed by atoms with Gasteiger partial charge in [0.25, 0.3) is 11.7 Å². The molecule has 0 bridgehead atoms. The van der Waals surface area contributed by atoms with Crippen molar-refractivity contribution in [3.63, 3.8) is 0 Å². The first kappa shape index (κ1) is 25.6. The molecular formula is C32H33NO5. The topological polar surface area (TPSA) is 76.1 Å². The van der Waals surface area contributed by atoms with E-state index in [0.29, 0.717) is 41.9 Å². The maximum atomic E-state index is 13.5. The van der Waals surface area contributed by atoms with E-state index in [0.717, 1.165) is 16.7 Å². The average molecular weight is 512 g/mol. The van der Waals surface area contributed by atoms with Gasteiger partial charge in [0.05, 0.1) is 11.6 Å². The molecule has 2 aliphatic rings. The Morgan fingerprint density at radius 1 is 0.895 bits per heavy atom. The third-order valence-corrected chi connectivity index (χ3v) is 7.19. The summed E-state index contributed by atoms with van der Waals surface area (Å²) in [5.74, 6) is -0.249. The second-order valence-electron chi connectivity index (χ2n) is 11.1. The van der Waals surface area contributed by atoms with Crippen molar-refractivity contribution in [1.29, 1.82) is 0 Å². The third kappa shape index (κ3) is 4.55. The van der Waals surface area contributed by atoms with Gasteiger partial charge in [-0.2, -0.15) is 0 Å². The molecule has 1 unspecified atom stereocenters. The summed E-state index contributed by atoms with van der Waals surface area (Å²) in [4.78, 5) is 28.5. The first-order valence-electron chi connectivity index (χ1n) is 13.0. The number of amides is 1. The van der Waals surface area contributed by atoms with E-state index in [1.165, 1.54) is 4.90 Å². The zero-order valence-corrected chi connectivity index (χ0v) is 22.4. The minimum atomic E-state index is -0.790. The number of carbonyl (C=O) groups excluding carboxylic acids is 2. The fourth-order valence-corrected chi connectivity index (χ4v) is 4.95. The summed E-state index contributed by atoms with van der Waals surface area (Å²) in [5.41, 5.74) is 3.98. The van der Waals surface area contributed by atoms with Gasteiger partial charge in [-0.25, -0.2) is 0 Å². The van der Waals surface area contributed by atoms with E-state index in [1.54, 1.807) is 18.2 Å². The number of fused-ring (bicyclic) bond motifs is 1. The number of rotatable bonds is 4. The Balaban J connectivity index is 1.66. The van der Waals surface area contributed by atoms with Gasteiger partial charge >= 0.3 is 0 Å². The molecule has 0 radical (unpaired) electrons. The molecule has 1 saturated heterocycles. The van der Waals surface area contributed by atoms with E-state index in [2.05, 4.69) is 34.6 Å². The van der Waals surface area contributed by atoms with E-state index in [9.17, 15) is 14.7 Å². The fourth-order valence-electron chi connectivity index (χ4n) is 4.95. The van der Waals surface area contributed by atoms with E-state index in [1.807, 2.05) is 48.5 Å². The monoisotopic (exact) mass is 511 g/mol. The van der Waals surface area contributed by atoms with Crippen molar-refractivity contribution in [3.8, 4) is 11.5 Å². The van der Waals surface area contributed by atoms with E-state index >= 15 is 0 Å².